The van der Waals surface area contributed by atoms with Gasteiger partial charge in [0, 0.05) is 6.04 Å². The van der Waals surface area contributed by atoms with E-state index in [4.69, 9.17) is 0 Å². The average molecular weight is 446 g/mol. The predicted octanol–water partition coefficient (Wildman–Crippen LogP) is 10.2. The van der Waals surface area contributed by atoms with Crippen LogP contribution >= 0.6 is 12.4 Å². The summed E-state index contributed by atoms with van der Waals surface area (Å²) in [7, 11) is 4.56. The standard InChI is InChI=1S/C28H59N.ClH/c1-6-8-10-11-12-13-14-15-16-17-18-19-20-21-22-24-25-27(3)28(29(4)5)26-23-9-7-2;/h27-28H,6-26H2,1-5H3;1H. The molecule has 0 heterocycles. The second-order valence-corrected chi connectivity index (χ2v) is 10.1. The van der Waals surface area contributed by atoms with E-state index in [1.54, 1.807) is 0 Å². The lowest BCUT2D eigenvalue weighted by atomic mass is 9.90. The average Bonchev–Trinajstić information content (AvgIpc) is 2.70. The second-order valence-electron chi connectivity index (χ2n) is 10.1. The largest absolute Gasteiger partial charge is 0.306 e. The van der Waals surface area contributed by atoms with Crippen molar-refractivity contribution in [1.29, 1.82) is 0 Å². The lowest BCUT2D eigenvalue weighted by molar-refractivity contribution is 0.193. The Balaban J connectivity index is 0. The van der Waals surface area contributed by atoms with E-state index < -0.39 is 0 Å². The van der Waals surface area contributed by atoms with Gasteiger partial charge >= 0.3 is 0 Å². The molecule has 0 aromatic heterocycles. The predicted molar refractivity (Wildman–Crippen MR) is 142 cm³/mol. The third-order valence-corrected chi connectivity index (χ3v) is 6.94. The molecule has 0 spiro atoms. The summed E-state index contributed by atoms with van der Waals surface area (Å²) in [6.07, 6.45) is 30.4. The minimum absolute atomic E-state index is 0. The molecule has 0 N–H and O–H groups in total. The number of unbranched alkanes of at least 4 members (excludes halogenated alkanes) is 17. The van der Waals surface area contributed by atoms with Gasteiger partial charge in [-0.15, -0.1) is 12.4 Å². The van der Waals surface area contributed by atoms with E-state index in [0.717, 1.165) is 12.0 Å². The van der Waals surface area contributed by atoms with Crippen molar-refractivity contribution < 1.29 is 0 Å². The Morgan fingerprint density at radius 3 is 1.13 bits per heavy atom. The van der Waals surface area contributed by atoms with Crippen molar-refractivity contribution in [2.45, 2.75) is 162 Å². The molecule has 0 aromatic carbocycles. The fourth-order valence-corrected chi connectivity index (χ4v) is 4.86. The van der Waals surface area contributed by atoms with E-state index in [1.807, 2.05) is 0 Å². The maximum atomic E-state index is 2.49. The van der Waals surface area contributed by atoms with Crippen molar-refractivity contribution in [2.24, 2.45) is 5.92 Å². The number of hydrogen-bond donors (Lipinski definition) is 0. The second kappa shape index (κ2) is 25.5. The first-order chi connectivity index (χ1) is 14.1. The van der Waals surface area contributed by atoms with Gasteiger partial charge in [0.2, 0.25) is 0 Å². The first-order valence-electron chi connectivity index (χ1n) is 13.8. The Labute approximate surface area is 199 Å². The van der Waals surface area contributed by atoms with Gasteiger partial charge in [-0.05, 0) is 32.9 Å². The Bertz CT molecular complexity index is 305. The van der Waals surface area contributed by atoms with Crippen molar-refractivity contribution in [1.82, 2.24) is 4.90 Å². The van der Waals surface area contributed by atoms with Gasteiger partial charge in [-0.2, -0.15) is 0 Å². The highest BCUT2D eigenvalue weighted by Gasteiger charge is 2.18. The SMILES string of the molecule is CCCCCCCCCCCCCCCCCCC(C)C(CCCCC)N(C)C.Cl. The summed E-state index contributed by atoms with van der Waals surface area (Å²) in [5, 5.41) is 0. The highest BCUT2D eigenvalue weighted by Crippen LogP contribution is 2.22. The first-order valence-corrected chi connectivity index (χ1v) is 13.8. The molecule has 0 aliphatic heterocycles. The minimum atomic E-state index is 0. The molecular weight excluding hydrogens is 386 g/mol. The Hall–Kier alpha value is 0.250. The molecular formula is C28H60ClN. The van der Waals surface area contributed by atoms with Gasteiger partial charge in [-0.3, -0.25) is 0 Å². The van der Waals surface area contributed by atoms with E-state index in [-0.39, 0.29) is 12.4 Å². The summed E-state index contributed by atoms with van der Waals surface area (Å²) in [6, 6.07) is 0.790. The molecule has 2 unspecified atom stereocenters. The summed E-state index contributed by atoms with van der Waals surface area (Å²) >= 11 is 0. The number of rotatable bonds is 23. The molecule has 0 amide bonds. The van der Waals surface area contributed by atoms with Gasteiger partial charge in [-0.1, -0.05) is 143 Å². The lowest BCUT2D eigenvalue weighted by Gasteiger charge is -2.30. The molecule has 0 aromatic rings. The zero-order valence-electron chi connectivity index (χ0n) is 21.9. The van der Waals surface area contributed by atoms with Gasteiger partial charge in [0.15, 0.2) is 0 Å². The van der Waals surface area contributed by atoms with Gasteiger partial charge < -0.3 is 4.90 Å². The zero-order chi connectivity index (χ0) is 21.6. The van der Waals surface area contributed by atoms with E-state index in [9.17, 15) is 0 Å². The summed E-state index contributed by atoms with van der Waals surface area (Å²) < 4.78 is 0. The summed E-state index contributed by atoms with van der Waals surface area (Å²) in [5.41, 5.74) is 0. The van der Waals surface area contributed by atoms with E-state index in [2.05, 4.69) is 39.8 Å². The molecule has 0 saturated heterocycles. The number of nitrogens with zero attached hydrogens (tertiary/aromatic N) is 1. The normalized spacial score (nSPS) is 13.4. The van der Waals surface area contributed by atoms with Crippen LogP contribution in [0, 0.1) is 5.92 Å². The van der Waals surface area contributed by atoms with Crippen LogP contribution in [0.3, 0.4) is 0 Å². The van der Waals surface area contributed by atoms with Crippen molar-refractivity contribution >= 4 is 12.4 Å². The topological polar surface area (TPSA) is 3.24 Å². The van der Waals surface area contributed by atoms with Crippen LogP contribution in [-0.2, 0) is 0 Å². The van der Waals surface area contributed by atoms with Crippen molar-refractivity contribution in [3.05, 3.63) is 0 Å². The zero-order valence-corrected chi connectivity index (χ0v) is 22.7. The highest BCUT2D eigenvalue weighted by atomic mass is 35.5. The molecule has 184 valence electrons. The summed E-state index contributed by atoms with van der Waals surface area (Å²) in [5.74, 6) is 0.855. The number of hydrogen-bond acceptors (Lipinski definition) is 1. The molecule has 0 rings (SSSR count). The maximum Gasteiger partial charge on any atom is 0.0115 e. The first kappa shape index (κ1) is 32.4. The van der Waals surface area contributed by atoms with Crippen LogP contribution in [0.25, 0.3) is 0 Å². The Morgan fingerprint density at radius 2 is 0.767 bits per heavy atom. The van der Waals surface area contributed by atoms with Gasteiger partial charge in [0.25, 0.3) is 0 Å². The monoisotopic (exact) mass is 445 g/mol. The van der Waals surface area contributed by atoms with Crippen LogP contribution in [0.2, 0.25) is 0 Å². The Kier molecular flexibility index (Phi) is 27.6. The van der Waals surface area contributed by atoms with Crippen LogP contribution in [0.4, 0.5) is 0 Å². The highest BCUT2D eigenvalue weighted by molar-refractivity contribution is 5.85. The van der Waals surface area contributed by atoms with Gasteiger partial charge in [-0.25, -0.2) is 0 Å². The molecule has 0 radical (unpaired) electrons. The summed E-state index contributed by atoms with van der Waals surface area (Å²) in [4.78, 5) is 2.48. The van der Waals surface area contributed by atoms with Crippen molar-refractivity contribution in [3.63, 3.8) is 0 Å². The molecule has 0 bridgehead atoms. The molecule has 0 fully saturated rings. The van der Waals surface area contributed by atoms with Crippen LogP contribution in [0.5, 0.6) is 0 Å². The quantitative estimate of drug-likeness (QED) is 0.141. The van der Waals surface area contributed by atoms with Crippen molar-refractivity contribution in [2.75, 3.05) is 14.1 Å². The van der Waals surface area contributed by atoms with Crippen molar-refractivity contribution in [3.8, 4) is 0 Å². The van der Waals surface area contributed by atoms with Crippen LogP contribution in [-0.4, -0.2) is 25.0 Å². The minimum Gasteiger partial charge on any atom is -0.306 e. The molecule has 30 heavy (non-hydrogen) atoms. The summed E-state index contributed by atoms with van der Waals surface area (Å²) in [6.45, 7) is 7.10. The van der Waals surface area contributed by atoms with E-state index in [0.29, 0.717) is 0 Å². The third-order valence-electron chi connectivity index (χ3n) is 6.94. The molecule has 0 aliphatic carbocycles. The molecule has 0 saturated carbocycles. The molecule has 1 nitrogen and oxygen atoms in total. The van der Waals surface area contributed by atoms with E-state index >= 15 is 0 Å². The van der Waals surface area contributed by atoms with E-state index in [1.165, 1.54) is 135 Å². The molecule has 2 atom stereocenters. The smallest absolute Gasteiger partial charge is 0.0115 e. The third kappa shape index (κ3) is 21.5. The Morgan fingerprint density at radius 1 is 0.467 bits per heavy atom. The fraction of sp³-hybridized carbons (Fsp3) is 1.00. The van der Waals surface area contributed by atoms with Crippen LogP contribution in [0.1, 0.15) is 156 Å². The lowest BCUT2D eigenvalue weighted by Crippen LogP contribution is -2.34. The van der Waals surface area contributed by atoms with Crippen LogP contribution < -0.4 is 0 Å². The van der Waals surface area contributed by atoms with Gasteiger partial charge in [0.1, 0.15) is 0 Å². The van der Waals surface area contributed by atoms with Gasteiger partial charge in [0.05, 0.1) is 0 Å². The molecule has 2 heteroatoms. The maximum absolute atomic E-state index is 2.49. The number of halogens is 1. The fourth-order valence-electron chi connectivity index (χ4n) is 4.86. The molecule has 0 aliphatic rings. The van der Waals surface area contributed by atoms with Crippen LogP contribution in [0.15, 0.2) is 0 Å².